The van der Waals surface area contributed by atoms with E-state index in [2.05, 4.69) is 10.6 Å². The maximum absolute atomic E-state index is 13.7. The van der Waals surface area contributed by atoms with Crippen LogP contribution >= 0.6 is 11.6 Å². The van der Waals surface area contributed by atoms with Crippen molar-refractivity contribution in [2.24, 2.45) is 5.41 Å². The predicted octanol–water partition coefficient (Wildman–Crippen LogP) is 4.63. The predicted molar refractivity (Wildman–Crippen MR) is 171 cm³/mol. The molecule has 11 heteroatoms. The van der Waals surface area contributed by atoms with E-state index >= 15 is 0 Å². The molecule has 2 amide bonds. The number of halogens is 1. The van der Waals surface area contributed by atoms with Gasteiger partial charge in [0.15, 0.2) is 0 Å². The number of anilines is 1. The lowest BCUT2D eigenvalue weighted by molar-refractivity contribution is -0.176. The maximum atomic E-state index is 13.7. The molecule has 2 N–H and O–H groups in total. The van der Waals surface area contributed by atoms with Crippen LogP contribution in [0.1, 0.15) is 76.5 Å². The molecule has 1 atom stereocenters. The van der Waals surface area contributed by atoms with E-state index in [1.165, 1.54) is 0 Å². The van der Waals surface area contributed by atoms with Gasteiger partial charge in [-0.05, 0) is 79.6 Å². The number of carbonyl (C=O) groups is 2. The first-order valence-electron chi connectivity index (χ1n) is 15.7. The number of hydrogen-bond donors (Lipinski definition) is 2. The lowest BCUT2D eigenvalue weighted by Crippen LogP contribution is -2.67. The summed E-state index contributed by atoms with van der Waals surface area (Å²) in [7, 11) is 1.66. The number of carbonyl (C=O) groups excluding carboxylic acids is 2. The fraction of sp³-hybridized carbons (Fsp3) is 0.471. The highest BCUT2D eigenvalue weighted by molar-refractivity contribution is 6.31. The molecule has 4 fully saturated rings. The molecular weight excluding hydrogens is 594 g/mol. The molecule has 10 nitrogen and oxygen atoms in total. The maximum Gasteiger partial charge on any atom is 0.263 e. The molecule has 0 unspecified atom stereocenters. The highest BCUT2D eigenvalue weighted by Crippen LogP contribution is 2.43. The van der Waals surface area contributed by atoms with Crippen LogP contribution in [-0.4, -0.2) is 72.3 Å². The summed E-state index contributed by atoms with van der Waals surface area (Å²) in [5.41, 5.74) is 3.57. The first-order chi connectivity index (χ1) is 21.7. The minimum Gasteiger partial charge on any atom is -0.380 e. The number of rotatable bonds is 11. The number of nitrogens with one attached hydrogen (secondary N) is 2. The van der Waals surface area contributed by atoms with Gasteiger partial charge in [0.25, 0.3) is 17.4 Å². The highest BCUT2D eigenvalue weighted by atomic mass is 35.5. The van der Waals surface area contributed by atoms with Crippen molar-refractivity contribution in [2.45, 2.75) is 57.2 Å². The Kier molecular flexibility index (Phi) is 8.02. The van der Waals surface area contributed by atoms with Gasteiger partial charge < -0.3 is 29.6 Å². The fourth-order valence-corrected chi connectivity index (χ4v) is 6.36. The summed E-state index contributed by atoms with van der Waals surface area (Å²) in [4.78, 5) is 47.4. The van der Waals surface area contributed by atoms with Gasteiger partial charge >= 0.3 is 0 Å². The van der Waals surface area contributed by atoms with Crippen molar-refractivity contribution >= 4 is 29.2 Å². The van der Waals surface area contributed by atoms with Crippen LogP contribution in [-0.2, 0) is 16.0 Å². The molecule has 7 rings (SSSR count). The molecule has 2 saturated carbocycles. The third kappa shape index (κ3) is 6.29. The number of pyridine rings is 2. The van der Waals surface area contributed by atoms with Gasteiger partial charge in [-0.2, -0.15) is 0 Å². The lowest BCUT2D eigenvalue weighted by atomic mass is 9.77. The van der Waals surface area contributed by atoms with Gasteiger partial charge in [-0.25, -0.2) is 4.98 Å². The van der Waals surface area contributed by atoms with Crippen LogP contribution in [0, 0.1) is 5.41 Å². The molecule has 0 radical (unpaired) electrons. The molecule has 3 aromatic rings. The van der Waals surface area contributed by atoms with Crippen molar-refractivity contribution in [1.29, 1.82) is 0 Å². The summed E-state index contributed by atoms with van der Waals surface area (Å²) in [5.74, 6) is 0.0502. The smallest absolute Gasteiger partial charge is 0.263 e. The zero-order valence-electron chi connectivity index (χ0n) is 25.6. The molecule has 2 aliphatic heterocycles. The topological polar surface area (TPSA) is 115 Å². The van der Waals surface area contributed by atoms with Crippen LogP contribution in [0.3, 0.4) is 0 Å². The van der Waals surface area contributed by atoms with Crippen molar-refractivity contribution in [2.75, 3.05) is 45.3 Å². The zero-order chi connectivity index (χ0) is 31.3. The summed E-state index contributed by atoms with van der Waals surface area (Å²) >= 11 is 6.39. The van der Waals surface area contributed by atoms with Gasteiger partial charge in [0.1, 0.15) is 11.4 Å². The van der Waals surface area contributed by atoms with Crippen molar-refractivity contribution in [1.82, 2.24) is 19.8 Å². The van der Waals surface area contributed by atoms with E-state index in [0.717, 1.165) is 48.1 Å². The second kappa shape index (κ2) is 12.0. The first-order valence-corrected chi connectivity index (χ1v) is 16.1. The average molecular weight is 632 g/mol. The highest BCUT2D eigenvalue weighted by Gasteiger charge is 2.51. The molecule has 4 aliphatic rings. The number of likely N-dealkylation sites (tertiary alicyclic amines) is 1. The molecule has 2 aliphatic carbocycles. The Hall–Kier alpha value is -3.57. The van der Waals surface area contributed by atoms with Gasteiger partial charge in [0.2, 0.25) is 0 Å². The number of benzene rings is 1. The zero-order valence-corrected chi connectivity index (χ0v) is 26.4. The second-order valence-electron chi connectivity index (χ2n) is 13.1. The molecule has 236 valence electrons. The summed E-state index contributed by atoms with van der Waals surface area (Å²) in [6, 6.07) is 10.9. The molecule has 1 aromatic carbocycles. The molecule has 2 saturated heterocycles. The van der Waals surface area contributed by atoms with E-state index in [9.17, 15) is 14.4 Å². The number of ether oxygens (including phenoxy) is 2. The van der Waals surface area contributed by atoms with Crippen LogP contribution in [0.5, 0.6) is 0 Å². The van der Waals surface area contributed by atoms with Gasteiger partial charge in [0.05, 0.1) is 24.7 Å². The van der Waals surface area contributed by atoms with Crippen LogP contribution < -0.4 is 16.2 Å². The standard InChI is InChI=1S/C34H38ClN5O5/c1-20(44-2)13-36-14-21-9-28(33(43)40(15-21)25-6-7-25)31(41)38-30-11-23(10-29(37-30)22-3-4-22)26-8-5-24(35)12-27(26)32(42)39-16-34(17-39)18-45-19-34/h5,8-12,15,20,22,25,36H,3-4,6-7,13-14,16-19H2,1-2H3,(H,37,38,41)/t20-/m0/s1. The van der Waals surface area contributed by atoms with Crippen molar-refractivity contribution in [3.05, 3.63) is 80.4 Å². The number of amides is 2. The Morgan fingerprint density at radius 3 is 2.56 bits per heavy atom. The van der Waals surface area contributed by atoms with E-state index in [4.69, 9.17) is 26.1 Å². The van der Waals surface area contributed by atoms with Crippen LogP contribution in [0.25, 0.3) is 11.1 Å². The minimum absolute atomic E-state index is 0.0393. The second-order valence-corrected chi connectivity index (χ2v) is 13.6. The van der Waals surface area contributed by atoms with E-state index < -0.39 is 5.91 Å². The Balaban J connectivity index is 1.18. The number of methoxy groups -OCH3 is 1. The normalized spacial score (nSPS) is 19.1. The molecule has 2 aromatic heterocycles. The Bertz CT molecular complexity index is 1700. The molecule has 45 heavy (non-hydrogen) atoms. The van der Waals surface area contributed by atoms with Gasteiger partial charge in [0, 0.05) is 67.7 Å². The summed E-state index contributed by atoms with van der Waals surface area (Å²) in [6.07, 6.45) is 5.75. The Morgan fingerprint density at radius 2 is 1.89 bits per heavy atom. The number of aromatic nitrogens is 2. The SMILES string of the molecule is CO[C@@H](C)CNCc1cc(C(=O)Nc2cc(-c3ccc(Cl)cc3C(=O)N3CC4(COC4)C3)cc(C3CC3)n2)c(=O)n(C2CC2)c1. The largest absolute Gasteiger partial charge is 0.380 e. The van der Waals surface area contributed by atoms with Crippen LogP contribution in [0.2, 0.25) is 5.02 Å². The average Bonchev–Trinajstić information content (AvgIpc) is 3.90. The van der Waals surface area contributed by atoms with E-state index in [1.54, 1.807) is 35.9 Å². The Morgan fingerprint density at radius 1 is 1.11 bits per heavy atom. The quantitative estimate of drug-likeness (QED) is 0.317. The first kappa shape index (κ1) is 30.1. The summed E-state index contributed by atoms with van der Waals surface area (Å²) < 4.78 is 12.4. The van der Waals surface area contributed by atoms with Crippen LogP contribution in [0.4, 0.5) is 5.82 Å². The molecule has 4 heterocycles. The van der Waals surface area contributed by atoms with Crippen molar-refractivity contribution in [3.63, 3.8) is 0 Å². The van der Waals surface area contributed by atoms with Gasteiger partial charge in [-0.1, -0.05) is 17.7 Å². The van der Waals surface area contributed by atoms with Crippen molar-refractivity contribution in [3.8, 4) is 11.1 Å². The van der Waals surface area contributed by atoms with E-state index in [1.807, 2.05) is 30.2 Å². The number of nitrogens with zero attached hydrogens (tertiary/aromatic N) is 3. The number of hydrogen-bond acceptors (Lipinski definition) is 7. The lowest BCUT2D eigenvalue weighted by Gasteiger charge is -2.55. The minimum atomic E-state index is -0.506. The Labute approximate surface area is 267 Å². The molecule has 0 bridgehead atoms. The van der Waals surface area contributed by atoms with Gasteiger partial charge in [-0.3, -0.25) is 14.4 Å². The molecular formula is C34H38ClN5O5. The van der Waals surface area contributed by atoms with E-state index in [-0.39, 0.29) is 40.5 Å². The van der Waals surface area contributed by atoms with Crippen LogP contribution in [0.15, 0.2) is 47.4 Å². The van der Waals surface area contributed by atoms with E-state index in [0.29, 0.717) is 55.8 Å². The third-order valence-corrected chi connectivity index (χ3v) is 9.44. The van der Waals surface area contributed by atoms with Gasteiger partial charge in [-0.15, -0.1) is 0 Å². The third-order valence-electron chi connectivity index (χ3n) is 9.21. The summed E-state index contributed by atoms with van der Waals surface area (Å²) in [6.45, 7) is 5.83. The fourth-order valence-electron chi connectivity index (χ4n) is 6.19. The monoisotopic (exact) mass is 631 g/mol. The van der Waals surface area contributed by atoms with Crippen molar-refractivity contribution < 1.29 is 19.1 Å². The summed E-state index contributed by atoms with van der Waals surface area (Å²) in [5, 5.41) is 6.74. The molecule has 1 spiro atoms.